The number of aliphatic hydroxyl groups is 2. The van der Waals surface area contributed by atoms with E-state index in [1.165, 1.54) is 32.1 Å². The van der Waals surface area contributed by atoms with Crippen molar-refractivity contribution in [2.45, 2.75) is 70.8 Å². The summed E-state index contributed by atoms with van der Waals surface area (Å²) >= 11 is 0. The van der Waals surface area contributed by atoms with Crippen LogP contribution < -0.4 is 0 Å². The molecule has 2 unspecified atom stereocenters. The van der Waals surface area contributed by atoms with Gasteiger partial charge in [0.25, 0.3) is 0 Å². The third-order valence-electron chi connectivity index (χ3n) is 4.24. The number of esters is 1. The molecule has 0 aromatic heterocycles. The predicted octanol–water partition coefficient (Wildman–Crippen LogP) is 2.66. The maximum absolute atomic E-state index is 12.0. The summed E-state index contributed by atoms with van der Waals surface area (Å²) in [7, 11) is 0. The van der Waals surface area contributed by atoms with E-state index in [4.69, 9.17) is 9.84 Å². The van der Waals surface area contributed by atoms with Crippen LogP contribution in [-0.4, -0.2) is 35.5 Å². The van der Waals surface area contributed by atoms with Crippen molar-refractivity contribution in [2.75, 3.05) is 13.2 Å². The van der Waals surface area contributed by atoms with E-state index in [2.05, 4.69) is 6.92 Å². The van der Waals surface area contributed by atoms with Crippen LogP contribution in [0.5, 0.6) is 0 Å². The summed E-state index contributed by atoms with van der Waals surface area (Å²) in [6.45, 7) is 1.60. The first-order valence-corrected chi connectivity index (χ1v) is 8.12. The molecule has 1 saturated carbocycles. The molecule has 0 bridgehead atoms. The lowest BCUT2D eigenvalue weighted by molar-refractivity contribution is -0.152. The van der Waals surface area contributed by atoms with Crippen LogP contribution >= 0.6 is 0 Å². The molecule has 0 spiro atoms. The Balaban J connectivity index is 2.24. The van der Waals surface area contributed by atoms with E-state index in [0.29, 0.717) is 0 Å². The molecule has 0 aliphatic heterocycles. The Morgan fingerprint density at radius 3 is 2.60 bits per heavy atom. The Labute approximate surface area is 122 Å². The first-order valence-electron chi connectivity index (χ1n) is 8.12. The molecule has 1 rings (SSSR count). The molecule has 118 valence electrons. The van der Waals surface area contributed by atoms with Gasteiger partial charge in [-0.05, 0) is 18.8 Å². The van der Waals surface area contributed by atoms with Crippen LogP contribution in [-0.2, 0) is 9.53 Å². The second kappa shape index (κ2) is 10.2. The molecule has 0 radical (unpaired) electrons. The van der Waals surface area contributed by atoms with Crippen molar-refractivity contribution < 1.29 is 19.7 Å². The molecule has 0 aromatic carbocycles. The molecule has 1 aliphatic rings. The largest absolute Gasteiger partial charge is 0.463 e. The third kappa shape index (κ3) is 6.71. The van der Waals surface area contributed by atoms with E-state index in [-0.39, 0.29) is 25.1 Å². The van der Waals surface area contributed by atoms with Crippen LogP contribution in [0, 0.1) is 11.8 Å². The molecule has 20 heavy (non-hydrogen) atoms. The minimum Gasteiger partial charge on any atom is -0.463 e. The van der Waals surface area contributed by atoms with Crippen molar-refractivity contribution >= 4 is 5.97 Å². The van der Waals surface area contributed by atoms with Crippen LogP contribution in [0.25, 0.3) is 0 Å². The highest BCUT2D eigenvalue weighted by molar-refractivity contribution is 5.72. The van der Waals surface area contributed by atoms with Crippen LogP contribution in [0.1, 0.15) is 64.7 Å². The smallest absolute Gasteiger partial charge is 0.309 e. The van der Waals surface area contributed by atoms with E-state index in [0.717, 1.165) is 31.6 Å². The van der Waals surface area contributed by atoms with Gasteiger partial charge in [-0.15, -0.1) is 0 Å². The average Bonchev–Trinajstić information content (AvgIpc) is 2.96. The Morgan fingerprint density at radius 2 is 2.00 bits per heavy atom. The zero-order valence-electron chi connectivity index (χ0n) is 12.7. The van der Waals surface area contributed by atoms with Gasteiger partial charge in [0, 0.05) is 0 Å². The van der Waals surface area contributed by atoms with Gasteiger partial charge in [0.2, 0.25) is 0 Å². The summed E-state index contributed by atoms with van der Waals surface area (Å²) in [6, 6.07) is 0. The van der Waals surface area contributed by atoms with Crippen molar-refractivity contribution in [3.63, 3.8) is 0 Å². The molecular formula is C16H30O4. The van der Waals surface area contributed by atoms with Gasteiger partial charge >= 0.3 is 5.97 Å². The maximum Gasteiger partial charge on any atom is 0.309 e. The topological polar surface area (TPSA) is 66.8 Å². The number of hydrogen-bond donors (Lipinski definition) is 2. The third-order valence-corrected chi connectivity index (χ3v) is 4.24. The van der Waals surface area contributed by atoms with Crippen molar-refractivity contribution in [3.8, 4) is 0 Å². The van der Waals surface area contributed by atoms with Gasteiger partial charge in [-0.3, -0.25) is 4.79 Å². The number of ether oxygens (including phenoxy) is 1. The van der Waals surface area contributed by atoms with Gasteiger partial charge < -0.3 is 14.9 Å². The van der Waals surface area contributed by atoms with Crippen molar-refractivity contribution in [1.82, 2.24) is 0 Å². The lowest BCUT2D eigenvalue weighted by atomic mass is 9.93. The molecular weight excluding hydrogens is 256 g/mol. The van der Waals surface area contributed by atoms with Gasteiger partial charge in [0.15, 0.2) is 0 Å². The fourth-order valence-corrected chi connectivity index (χ4v) is 3.03. The van der Waals surface area contributed by atoms with Crippen molar-refractivity contribution in [2.24, 2.45) is 11.8 Å². The van der Waals surface area contributed by atoms with Crippen molar-refractivity contribution in [1.29, 1.82) is 0 Å². The molecule has 1 aliphatic carbocycles. The molecule has 4 heteroatoms. The van der Waals surface area contributed by atoms with E-state index >= 15 is 0 Å². The molecule has 1 fully saturated rings. The zero-order valence-corrected chi connectivity index (χ0v) is 12.7. The molecule has 4 nitrogen and oxygen atoms in total. The maximum atomic E-state index is 12.0. The van der Waals surface area contributed by atoms with E-state index in [1.807, 2.05) is 0 Å². The van der Waals surface area contributed by atoms with Crippen molar-refractivity contribution in [3.05, 3.63) is 0 Å². The number of aliphatic hydroxyl groups excluding tert-OH is 2. The van der Waals surface area contributed by atoms with Gasteiger partial charge in [0.05, 0.1) is 12.5 Å². The highest BCUT2D eigenvalue weighted by atomic mass is 16.5. The lowest BCUT2D eigenvalue weighted by Crippen LogP contribution is -2.25. The SMILES string of the molecule is CCCC(CCCC1CCCC1)C(=O)OCC(O)CO. The van der Waals surface area contributed by atoms with E-state index < -0.39 is 6.10 Å². The first kappa shape index (κ1) is 17.4. The Morgan fingerprint density at radius 1 is 1.30 bits per heavy atom. The van der Waals surface area contributed by atoms with Gasteiger partial charge in [-0.25, -0.2) is 0 Å². The number of carbonyl (C=O) groups excluding carboxylic acids is 1. The normalized spacial score (nSPS) is 18.9. The monoisotopic (exact) mass is 286 g/mol. The predicted molar refractivity (Wildman–Crippen MR) is 78.3 cm³/mol. The Hall–Kier alpha value is -0.610. The highest BCUT2D eigenvalue weighted by Crippen LogP contribution is 2.30. The summed E-state index contributed by atoms with van der Waals surface area (Å²) in [5, 5.41) is 17.9. The first-order chi connectivity index (χ1) is 9.67. The van der Waals surface area contributed by atoms with Crippen LogP contribution in [0.4, 0.5) is 0 Å². The fraction of sp³-hybridized carbons (Fsp3) is 0.938. The van der Waals surface area contributed by atoms with Gasteiger partial charge in [-0.1, -0.05) is 51.9 Å². The summed E-state index contributed by atoms with van der Waals surface area (Å²) < 4.78 is 5.08. The molecule has 0 heterocycles. The molecule has 2 N–H and O–H groups in total. The minimum absolute atomic E-state index is 0.0488. The van der Waals surface area contributed by atoms with E-state index in [9.17, 15) is 9.90 Å². The second-order valence-electron chi connectivity index (χ2n) is 6.03. The minimum atomic E-state index is -0.959. The lowest BCUT2D eigenvalue weighted by Gasteiger charge is -2.17. The Kier molecular flexibility index (Phi) is 8.86. The number of carbonyl (C=O) groups is 1. The molecule has 0 amide bonds. The summed E-state index contributed by atoms with van der Waals surface area (Å²) in [6.07, 6.45) is 9.49. The Bertz CT molecular complexity index is 261. The van der Waals surface area contributed by atoms with Crippen LogP contribution in [0.3, 0.4) is 0 Å². The molecule has 2 atom stereocenters. The highest BCUT2D eigenvalue weighted by Gasteiger charge is 2.21. The summed E-state index contributed by atoms with van der Waals surface area (Å²) in [4.78, 5) is 12.0. The average molecular weight is 286 g/mol. The zero-order chi connectivity index (χ0) is 14.8. The quantitative estimate of drug-likeness (QED) is 0.606. The molecule has 0 aromatic rings. The second-order valence-corrected chi connectivity index (χ2v) is 6.03. The fourth-order valence-electron chi connectivity index (χ4n) is 3.03. The van der Waals surface area contributed by atoms with Crippen LogP contribution in [0.2, 0.25) is 0 Å². The van der Waals surface area contributed by atoms with Gasteiger partial charge in [-0.2, -0.15) is 0 Å². The molecule has 0 saturated heterocycles. The number of rotatable bonds is 10. The van der Waals surface area contributed by atoms with E-state index in [1.54, 1.807) is 0 Å². The standard InChI is InChI=1S/C16H30O4/c1-2-6-14(16(19)20-12-15(18)11-17)10-5-9-13-7-3-4-8-13/h13-15,17-18H,2-12H2,1H3. The van der Waals surface area contributed by atoms with Crippen LogP contribution in [0.15, 0.2) is 0 Å². The summed E-state index contributed by atoms with van der Waals surface area (Å²) in [5.74, 6) is 0.600. The number of hydrogen-bond acceptors (Lipinski definition) is 4. The summed E-state index contributed by atoms with van der Waals surface area (Å²) in [5.41, 5.74) is 0. The van der Waals surface area contributed by atoms with Gasteiger partial charge in [0.1, 0.15) is 12.7 Å².